The SMILES string of the molecule is O=C(NCc1ccc(N2CCOCC2)cc1C(F)(F)F)C(Cc1ccccc1)n1cnnn1. The van der Waals surface area contributed by atoms with Crippen LogP contribution >= 0.6 is 0 Å². The van der Waals surface area contributed by atoms with Gasteiger partial charge in [-0.1, -0.05) is 36.4 Å². The second kappa shape index (κ2) is 9.99. The van der Waals surface area contributed by atoms with Crippen LogP contribution in [0.2, 0.25) is 0 Å². The molecule has 1 aromatic heterocycles. The van der Waals surface area contributed by atoms with E-state index < -0.39 is 23.7 Å². The number of carbonyl (C=O) groups excluding carboxylic acids is 1. The van der Waals surface area contributed by atoms with Crippen molar-refractivity contribution >= 4 is 11.6 Å². The van der Waals surface area contributed by atoms with E-state index in [1.165, 1.54) is 17.1 Å². The van der Waals surface area contributed by atoms with E-state index in [1.807, 2.05) is 35.2 Å². The summed E-state index contributed by atoms with van der Waals surface area (Å²) in [4.78, 5) is 14.8. The van der Waals surface area contributed by atoms with Crippen LogP contribution in [-0.2, 0) is 28.7 Å². The molecule has 1 aliphatic heterocycles. The lowest BCUT2D eigenvalue weighted by molar-refractivity contribution is -0.138. The topological polar surface area (TPSA) is 85.2 Å². The molecular formula is C22H23F3N6O2. The predicted molar refractivity (Wildman–Crippen MR) is 113 cm³/mol. The molecular weight excluding hydrogens is 437 g/mol. The average molecular weight is 460 g/mol. The molecule has 8 nitrogen and oxygen atoms in total. The molecule has 1 saturated heterocycles. The number of morpholine rings is 1. The largest absolute Gasteiger partial charge is 0.416 e. The lowest BCUT2D eigenvalue weighted by Gasteiger charge is -2.29. The van der Waals surface area contributed by atoms with Gasteiger partial charge in [0.05, 0.1) is 18.8 Å². The fourth-order valence-electron chi connectivity index (χ4n) is 3.76. The maximum atomic E-state index is 13.8. The second-order valence-electron chi connectivity index (χ2n) is 7.65. The van der Waals surface area contributed by atoms with Gasteiger partial charge in [-0.05, 0) is 33.7 Å². The summed E-state index contributed by atoms with van der Waals surface area (Å²) in [6, 6.07) is 12.6. The molecule has 1 fully saturated rings. The van der Waals surface area contributed by atoms with Crippen LogP contribution in [0.4, 0.5) is 18.9 Å². The molecule has 11 heteroatoms. The number of benzene rings is 2. The maximum Gasteiger partial charge on any atom is 0.416 e. The van der Waals surface area contributed by atoms with E-state index in [2.05, 4.69) is 20.8 Å². The summed E-state index contributed by atoms with van der Waals surface area (Å²) in [5.41, 5.74) is 0.576. The van der Waals surface area contributed by atoms with Gasteiger partial charge in [0.1, 0.15) is 12.4 Å². The molecule has 1 N–H and O–H groups in total. The fraction of sp³-hybridized carbons (Fsp3) is 0.364. The van der Waals surface area contributed by atoms with Gasteiger partial charge in [-0.3, -0.25) is 4.79 Å². The third-order valence-corrected chi connectivity index (χ3v) is 5.49. The average Bonchev–Trinajstić information content (AvgIpc) is 3.36. The van der Waals surface area contributed by atoms with Crippen LogP contribution < -0.4 is 10.2 Å². The summed E-state index contributed by atoms with van der Waals surface area (Å²) in [6.07, 6.45) is -2.95. The Labute approximate surface area is 188 Å². The number of tetrazole rings is 1. The molecule has 0 aliphatic carbocycles. The first kappa shape index (κ1) is 22.7. The van der Waals surface area contributed by atoms with Crippen molar-refractivity contribution in [1.29, 1.82) is 0 Å². The Bertz CT molecular complexity index is 1050. The second-order valence-corrected chi connectivity index (χ2v) is 7.65. The number of rotatable bonds is 7. The summed E-state index contributed by atoms with van der Waals surface area (Å²) in [6.45, 7) is 1.73. The number of ether oxygens (including phenoxy) is 1. The van der Waals surface area contributed by atoms with Crippen molar-refractivity contribution in [2.75, 3.05) is 31.2 Å². The first-order chi connectivity index (χ1) is 15.9. The highest BCUT2D eigenvalue weighted by Crippen LogP contribution is 2.35. The van der Waals surface area contributed by atoms with Gasteiger partial charge >= 0.3 is 6.18 Å². The zero-order valence-electron chi connectivity index (χ0n) is 17.7. The minimum absolute atomic E-state index is 0.0111. The van der Waals surface area contributed by atoms with Crippen molar-refractivity contribution in [3.63, 3.8) is 0 Å². The zero-order chi connectivity index (χ0) is 23.3. The van der Waals surface area contributed by atoms with Crippen molar-refractivity contribution < 1.29 is 22.7 Å². The van der Waals surface area contributed by atoms with E-state index in [0.29, 0.717) is 38.4 Å². The van der Waals surface area contributed by atoms with Crippen molar-refractivity contribution in [2.45, 2.75) is 25.2 Å². The minimum atomic E-state index is -4.55. The van der Waals surface area contributed by atoms with Crippen molar-refractivity contribution in [2.24, 2.45) is 0 Å². The molecule has 4 rings (SSSR count). The van der Waals surface area contributed by atoms with Gasteiger partial charge in [0.2, 0.25) is 5.91 Å². The van der Waals surface area contributed by atoms with Gasteiger partial charge in [0, 0.05) is 31.7 Å². The first-order valence-electron chi connectivity index (χ1n) is 10.5. The standard InChI is InChI=1S/C22H23F3N6O2/c23-22(24,25)19-13-18(30-8-10-33-11-9-30)7-6-17(19)14-26-21(32)20(31-15-27-28-29-31)12-16-4-2-1-3-5-16/h1-7,13,15,20H,8-12,14H2,(H,26,32). The third kappa shape index (κ3) is 5.67. The van der Waals surface area contributed by atoms with Crippen LogP contribution in [0.5, 0.6) is 0 Å². The molecule has 3 aromatic rings. The van der Waals surface area contributed by atoms with Crippen molar-refractivity contribution in [1.82, 2.24) is 25.5 Å². The summed E-state index contributed by atoms with van der Waals surface area (Å²) >= 11 is 0. The number of anilines is 1. The number of halogens is 3. The highest BCUT2D eigenvalue weighted by molar-refractivity contribution is 5.80. The Balaban J connectivity index is 1.52. The molecule has 0 radical (unpaired) electrons. The molecule has 1 amide bonds. The van der Waals surface area contributed by atoms with Crippen molar-refractivity contribution in [3.8, 4) is 0 Å². The van der Waals surface area contributed by atoms with E-state index in [-0.39, 0.29) is 12.1 Å². The molecule has 0 saturated carbocycles. The molecule has 33 heavy (non-hydrogen) atoms. The number of alkyl halides is 3. The van der Waals surface area contributed by atoms with Crippen LogP contribution in [0, 0.1) is 0 Å². The molecule has 2 heterocycles. The van der Waals surface area contributed by atoms with E-state index in [1.54, 1.807) is 6.07 Å². The maximum absolute atomic E-state index is 13.8. The number of hydrogen-bond donors (Lipinski definition) is 1. The number of aromatic nitrogens is 4. The lowest BCUT2D eigenvalue weighted by atomic mass is 10.0. The predicted octanol–water partition coefficient (Wildman–Crippen LogP) is 2.63. The number of carbonyl (C=O) groups is 1. The van der Waals surface area contributed by atoms with Crippen LogP contribution in [-0.4, -0.2) is 52.4 Å². The number of nitrogens with one attached hydrogen (secondary N) is 1. The number of hydrogen-bond acceptors (Lipinski definition) is 6. The number of amides is 1. The summed E-state index contributed by atoms with van der Waals surface area (Å²) in [5.74, 6) is -0.475. The Morgan fingerprint density at radius 3 is 2.55 bits per heavy atom. The zero-order valence-corrected chi connectivity index (χ0v) is 17.7. The van der Waals surface area contributed by atoms with Gasteiger partial charge in [-0.25, -0.2) is 4.68 Å². The quantitative estimate of drug-likeness (QED) is 0.584. The Hall–Kier alpha value is -3.47. The lowest BCUT2D eigenvalue weighted by Crippen LogP contribution is -2.36. The van der Waals surface area contributed by atoms with Crippen LogP contribution in [0.25, 0.3) is 0 Å². The Morgan fingerprint density at radius 2 is 1.88 bits per heavy atom. The number of nitrogens with zero attached hydrogens (tertiary/aromatic N) is 5. The molecule has 1 atom stereocenters. The molecule has 0 bridgehead atoms. The Kier molecular flexibility index (Phi) is 6.87. The summed E-state index contributed by atoms with van der Waals surface area (Å²) in [7, 11) is 0. The van der Waals surface area contributed by atoms with Gasteiger partial charge < -0.3 is 15.0 Å². The van der Waals surface area contributed by atoms with Crippen LogP contribution in [0.3, 0.4) is 0 Å². The van der Waals surface area contributed by atoms with Crippen molar-refractivity contribution in [3.05, 3.63) is 71.5 Å². The molecule has 174 valence electrons. The third-order valence-electron chi connectivity index (χ3n) is 5.49. The highest BCUT2D eigenvalue weighted by Gasteiger charge is 2.34. The van der Waals surface area contributed by atoms with Gasteiger partial charge in [-0.2, -0.15) is 13.2 Å². The fourth-order valence-corrected chi connectivity index (χ4v) is 3.76. The van der Waals surface area contributed by atoms with Gasteiger partial charge in [-0.15, -0.1) is 5.10 Å². The van der Waals surface area contributed by atoms with Crippen LogP contribution in [0.15, 0.2) is 54.9 Å². The van der Waals surface area contributed by atoms with E-state index in [9.17, 15) is 18.0 Å². The first-order valence-corrected chi connectivity index (χ1v) is 10.5. The van der Waals surface area contributed by atoms with Gasteiger partial charge in [0.25, 0.3) is 0 Å². The van der Waals surface area contributed by atoms with E-state index in [0.717, 1.165) is 11.6 Å². The van der Waals surface area contributed by atoms with E-state index in [4.69, 9.17) is 4.74 Å². The van der Waals surface area contributed by atoms with Crippen LogP contribution in [0.1, 0.15) is 22.7 Å². The van der Waals surface area contributed by atoms with Gasteiger partial charge in [0.15, 0.2) is 0 Å². The molecule has 2 aromatic carbocycles. The normalized spacial score (nSPS) is 15.3. The molecule has 1 unspecified atom stereocenters. The Morgan fingerprint density at radius 1 is 1.12 bits per heavy atom. The van der Waals surface area contributed by atoms with E-state index >= 15 is 0 Å². The monoisotopic (exact) mass is 460 g/mol. The minimum Gasteiger partial charge on any atom is -0.378 e. The highest BCUT2D eigenvalue weighted by atomic mass is 19.4. The summed E-state index contributed by atoms with van der Waals surface area (Å²) in [5, 5.41) is 13.6. The molecule has 1 aliphatic rings. The smallest absolute Gasteiger partial charge is 0.378 e. The summed E-state index contributed by atoms with van der Waals surface area (Å²) < 4.78 is 48.0. The molecule has 0 spiro atoms.